The smallest absolute Gasteiger partial charge is 0.348 e. The van der Waals surface area contributed by atoms with Crippen molar-refractivity contribution >= 4 is 38.7 Å². The van der Waals surface area contributed by atoms with Gasteiger partial charge < -0.3 is 9.64 Å². The number of benzene rings is 1. The number of para-hydroxylation sites is 1. The fourth-order valence-electron chi connectivity index (χ4n) is 3.53. The molecule has 1 amide bonds. The van der Waals surface area contributed by atoms with E-state index >= 15 is 0 Å². The lowest BCUT2D eigenvalue weighted by Gasteiger charge is -2.27. The van der Waals surface area contributed by atoms with Gasteiger partial charge in [0.05, 0.1) is 11.8 Å². The fourth-order valence-corrected chi connectivity index (χ4v) is 5.94. The Kier molecular flexibility index (Phi) is 5.07. The van der Waals surface area contributed by atoms with Gasteiger partial charge >= 0.3 is 5.97 Å². The molecule has 0 saturated heterocycles. The number of sulfone groups is 1. The lowest BCUT2D eigenvalue weighted by atomic mass is 10.2. The Bertz CT molecular complexity index is 1020. The van der Waals surface area contributed by atoms with Crippen LogP contribution in [0.1, 0.15) is 26.5 Å². The number of anilines is 1. The monoisotopic (exact) mass is 417 g/mol. The minimum atomic E-state index is -3.34. The van der Waals surface area contributed by atoms with E-state index in [9.17, 15) is 18.0 Å². The Morgan fingerprint density at radius 3 is 2.64 bits per heavy atom. The van der Waals surface area contributed by atoms with Crippen LogP contribution in [0.15, 0.2) is 47.9 Å². The lowest BCUT2D eigenvalue weighted by molar-refractivity contribution is -0.121. The number of hydrogen-bond acceptors (Lipinski definition) is 6. The molecule has 0 saturated carbocycles. The predicted octanol–water partition coefficient (Wildman–Crippen LogP) is 2.74. The van der Waals surface area contributed by atoms with Crippen molar-refractivity contribution in [2.45, 2.75) is 25.3 Å². The van der Waals surface area contributed by atoms with Gasteiger partial charge in [-0.15, -0.1) is 11.3 Å². The predicted molar refractivity (Wildman–Crippen MR) is 107 cm³/mol. The molecule has 8 heteroatoms. The number of aryl methyl sites for hydroxylation is 2. The van der Waals surface area contributed by atoms with Crippen LogP contribution in [0.4, 0.5) is 5.69 Å². The van der Waals surface area contributed by atoms with Crippen molar-refractivity contribution in [3.63, 3.8) is 0 Å². The summed E-state index contributed by atoms with van der Waals surface area (Å²) in [5, 5.41) is 1.13. The molecule has 2 aromatic rings. The number of carbonyl (C=O) groups is 2. The molecule has 28 heavy (non-hydrogen) atoms. The van der Waals surface area contributed by atoms with Crippen LogP contribution in [0.3, 0.4) is 0 Å². The molecule has 6 nitrogen and oxygen atoms in total. The Hall–Kier alpha value is -2.45. The van der Waals surface area contributed by atoms with E-state index in [0.717, 1.165) is 24.7 Å². The summed E-state index contributed by atoms with van der Waals surface area (Å²) in [5.74, 6) is -1.16. The molecule has 1 atom stereocenters. The van der Waals surface area contributed by atoms with Crippen LogP contribution >= 0.6 is 11.3 Å². The molecule has 1 aromatic carbocycles. The third-order valence-electron chi connectivity index (χ3n) is 4.82. The van der Waals surface area contributed by atoms with E-state index in [-0.39, 0.29) is 5.75 Å². The van der Waals surface area contributed by atoms with E-state index in [1.54, 1.807) is 24.3 Å². The Morgan fingerprint density at radius 2 is 1.96 bits per heavy atom. The Morgan fingerprint density at radius 1 is 1.18 bits per heavy atom. The topological polar surface area (TPSA) is 80.8 Å². The molecule has 146 valence electrons. The van der Waals surface area contributed by atoms with Gasteiger partial charge in [-0.1, -0.05) is 18.2 Å². The van der Waals surface area contributed by atoms with Crippen LogP contribution in [-0.4, -0.2) is 38.7 Å². The molecule has 0 bridgehead atoms. The second-order valence-corrected chi connectivity index (χ2v) is 9.88. The van der Waals surface area contributed by atoms with Crippen LogP contribution in [-0.2, 0) is 32.2 Å². The first kappa shape index (κ1) is 18.9. The lowest BCUT2D eigenvalue weighted by Crippen LogP contribution is -2.43. The summed E-state index contributed by atoms with van der Waals surface area (Å²) in [6.07, 6.45) is 4.56. The molecular formula is C20H19NO5S2. The van der Waals surface area contributed by atoms with Gasteiger partial charge in [-0.2, -0.15) is 0 Å². The molecule has 2 aliphatic rings. The van der Waals surface area contributed by atoms with E-state index in [2.05, 4.69) is 0 Å². The molecule has 2 heterocycles. The van der Waals surface area contributed by atoms with Crippen molar-refractivity contribution in [3.8, 4) is 0 Å². The summed E-state index contributed by atoms with van der Waals surface area (Å²) >= 11 is 1.42. The summed E-state index contributed by atoms with van der Waals surface area (Å²) in [6, 6.07) is 10.0. The van der Waals surface area contributed by atoms with Gasteiger partial charge in [0.15, 0.2) is 16.4 Å². The number of hydrogen-bond donors (Lipinski definition) is 0. The number of rotatable bonds is 5. The van der Waals surface area contributed by atoms with Gasteiger partial charge in [0, 0.05) is 16.0 Å². The van der Waals surface area contributed by atoms with Crippen molar-refractivity contribution in [2.24, 2.45) is 0 Å². The van der Waals surface area contributed by atoms with Gasteiger partial charge in [-0.25, -0.2) is 13.2 Å². The zero-order chi connectivity index (χ0) is 19.7. The van der Waals surface area contributed by atoms with Crippen molar-refractivity contribution in [1.29, 1.82) is 0 Å². The summed E-state index contributed by atoms with van der Waals surface area (Å²) in [5.41, 5.74) is 1.75. The minimum absolute atomic E-state index is 0.181. The van der Waals surface area contributed by atoms with Crippen LogP contribution < -0.4 is 4.90 Å². The highest BCUT2D eigenvalue weighted by Crippen LogP contribution is 2.31. The maximum absolute atomic E-state index is 12.8. The van der Waals surface area contributed by atoms with E-state index < -0.39 is 34.4 Å². The molecule has 0 fully saturated rings. The zero-order valence-electron chi connectivity index (χ0n) is 15.0. The van der Waals surface area contributed by atoms with E-state index in [1.807, 2.05) is 12.1 Å². The molecule has 1 aliphatic carbocycles. The number of nitrogens with zero attached hydrogens (tertiary/aromatic N) is 1. The maximum atomic E-state index is 12.8. The Balaban J connectivity index is 1.48. The molecule has 0 spiro atoms. The molecule has 1 aliphatic heterocycles. The first-order valence-corrected chi connectivity index (χ1v) is 11.5. The SMILES string of the molecule is O=C(OCC(=O)N(c1ccccc1)[C@H]1C=CS(=O)(=O)C1)c1cc2c(s1)CCC2. The summed E-state index contributed by atoms with van der Waals surface area (Å²) < 4.78 is 28.9. The fraction of sp³-hybridized carbons (Fsp3) is 0.300. The highest BCUT2D eigenvalue weighted by Gasteiger charge is 2.32. The normalized spacial score (nSPS) is 19.4. The zero-order valence-corrected chi connectivity index (χ0v) is 16.7. The third kappa shape index (κ3) is 3.88. The minimum Gasteiger partial charge on any atom is -0.451 e. The Labute approximate surface area is 167 Å². The van der Waals surface area contributed by atoms with E-state index in [4.69, 9.17) is 4.74 Å². The number of ether oxygens (including phenoxy) is 1. The second-order valence-electron chi connectivity index (χ2n) is 6.81. The second kappa shape index (κ2) is 7.52. The number of esters is 1. The average Bonchev–Trinajstić information content (AvgIpc) is 3.35. The van der Waals surface area contributed by atoms with Crippen LogP contribution in [0.2, 0.25) is 0 Å². The largest absolute Gasteiger partial charge is 0.451 e. The van der Waals surface area contributed by atoms with Crippen LogP contribution in [0.25, 0.3) is 0 Å². The van der Waals surface area contributed by atoms with Crippen LogP contribution in [0, 0.1) is 0 Å². The third-order valence-corrected chi connectivity index (χ3v) is 7.42. The van der Waals surface area contributed by atoms with Crippen LogP contribution in [0.5, 0.6) is 0 Å². The van der Waals surface area contributed by atoms with Gasteiger partial charge in [0.2, 0.25) is 0 Å². The van der Waals surface area contributed by atoms with Gasteiger partial charge in [0.25, 0.3) is 5.91 Å². The number of fused-ring (bicyclic) bond motifs is 1. The number of thiophene rings is 1. The van der Waals surface area contributed by atoms with Crippen molar-refractivity contribution in [3.05, 3.63) is 63.2 Å². The quantitative estimate of drug-likeness (QED) is 0.699. The first-order chi connectivity index (χ1) is 13.4. The van der Waals surface area contributed by atoms with Crippen molar-refractivity contribution < 1.29 is 22.7 Å². The van der Waals surface area contributed by atoms with Gasteiger partial charge in [-0.05, 0) is 49.1 Å². The standard InChI is InChI=1S/C20H19NO5S2/c22-19(12-26-20(23)18-11-14-5-4-8-17(14)27-18)21(15-6-2-1-3-7-15)16-9-10-28(24,25)13-16/h1-3,6-7,9-11,16H,4-5,8,12-13H2/t16-/m0/s1. The summed E-state index contributed by atoms with van der Waals surface area (Å²) in [6.45, 7) is -0.444. The van der Waals surface area contributed by atoms with Crippen molar-refractivity contribution in [1.82, 2.24) is 0 Å². The molecule has 0 N–H and O–H groups in total. The van der Waals surface area contributed by atoms with E-state index in [0.29, 0.717) is 10.6 Å². The molecule has 1 aromatic heterocycles. The number of amides is 1. The first-order valence-electron chi connectivity index (χ1n) is 9.00. The molecule has 0 unspecified atom stereocenters. The maximum Gasteiger partial charge on any atom is 0.348 e. The van der Waals surface area contributed by atoms with Gasteiger partial charge in [-0.3, -0.25) is 4.79 Å². The average molecular weight is 418 g/mol. The molecular weight excluding hydrogens is 398 g/mol. The highest BCUT2D eigenvalue weighted by atomic mass is 32.2. The van der Waals surface area contributed by atoms with E-state index in [1.165, 1.54) is 32.8 Å². The van der Waals surface area contributed by atoms with Gasteiger partial charge in [0.1, 0.15) is 4.88 Å². The highest BCUT2D eigenvalue weighted by molar-refractivity contribution is 7.94. The molecule has 0 radical (unpaired) electrons. The number of carbonyl (C=O) groups excluding carboxylic acids is 2. The molecule has 4 rings (SSSR count). The summed E-state index contributed by atoms with van der Waals surface area (Å²) in [7, 11) is -3.34. The van der Waals surface area contributed by atoms with Crippen molar-refractivity contribution in [2.75, 3.05) is 17.3 Å². The summed E-state index contributed by atoms with van der Waals surface area (Å²) in [4.78, 5) is 28.3.